The van der Waals surface area contributed by atoms with E-state index in [-0.39, 0.29) is 24.0 Å². The van der Waals surface area contributed by atoms with E-state index in [1.165, 1.54) is 6.26 Å². The summed E-state index contributed by atoms with van der Waals surface area (Å²) in [7, 11) is 1.60. The van der Waals surface area contributed by atoms with Crippen LogP contribution in [0.25, 0.3) is 11.6 Å². The van der Waals surface area contributed by atoms with Crippen LogP contribution in [0.4, 0.5) is 0 Å². The molecule has 1 amide bonds. The predicted molar refractivity (Wildman–Crippen MR) is 107 cm³/mol. The van der Waals surface area contributed by atoms with Crippen LogP contribution in [0.3, 0.4) is 0 Å². The Balaban J connectivity index is 1.25. The number of methoxy groups -OCH3 is 1. The highest BCUT2D eigenvalue weighted by Crippen LogP contribution is 2.24. The van der Waals surface area contributed by atoms with E-state index >= 15 is 0 Å². The Morgan fingerprint density at radius 3 is 2.60 bits per heavy atom. The van der Waals surface area contributed by atoms with Crippen molar-refractivity contribution in [3.8, 4) is 17.3 Å². The van der Waals surface area contributed by atoms with Gasteiger partial charge in [0.25, 0.3) is 0 Å². The van der Waals surface area contributed by atoms with Gasteiger partial charge in [0, 0.05) is 37.4 Å². The second-order valence-electron chi connectivity index (χ2n) is 7.24. The van der Waals surface area contributed by atoms with Crippen LogP contribution < -0.4 is 4.74 Å². The maximum Gasteiger partial charge on any atom is 0.238 e. The topological polar surface area (TPSA) is 98.7 Å². The molecule has 8 nitrogen and oxygen atoms in total. The van der Waals surface area contributed by atoms with Gasteiger partial charge >= 0.3 is 0 Å². The maximum atomic E-state index is 12.7. The van der Waals surface area contributed by atoms with Crippen molar-refractivity contribution < 1.29 is 23.3 Å². The van der Waals surface area contributed by atoms with Crippen molar-refractivity contribution in [2.75, 3.05) is 20.2 Å². The standard InChI is InChI=1S/C22H23N3O5/c1-28-17-6-4-15(5-7-17)21(27)16-10-12-25(13-11-16)20(26)9-8-19-23-22(24-30-19)18-3-2-14-29-18/h2-7,14,16H,8-13H2,1H3. The third kappa shape index (κ3) is 4.42. The smallest absolute Gasteiger partial charge is 0.238 e. The number of furan rings is 1. The Kier molecular flexibility index (Phi) is 5.92. The molecule has 156 valence electrons. The number of aromatic nitrogens is 2. The lowest BCUT2D eigenvalue weighted by atomic mass is 9.88. The molecule has 8 heteroatoms. The largest absolute Gasteiger partial charge is 0.497 e. The summed E-state index contributed by atoms with van der Waals surface area (Å²) in [6.45, 7) is 1.15. The molecular formula is C22H23N3O5. The van der Waals surface area contributed by atoms with Crippen LogP contribution in [0, 0.1) is 5.92 Å². The van der Waals surface area contributed by atoms with E-state index in [0.29, 0.717) is 55.4 Å². The third-order valence-corrected chi connectivity index (χ3v) is 5.36. The predicted octanol–water partition coefficient (Wildman–Crippen LogP) is 3.39. The number of nitrogens with zero attached hydrogens (tertiary/aromatic N) is 3. The highest BCUT2D eigenvalue weighted by Gasteiger charge is 2.28. The van der Waals surface area contributed by atoms with E-state index in [9.17, 15) is 9.59 Å². The summed E-state index contributed by atoms with van der Waals surface area (Å²) in [5.41, 5.74) is 0.685. The molecule has 0 unspecified atom stereocenters. The van der Waals surface area contributed by atoms with Gasteiger partial charge in [-0.2, -0.15) is 4.98 Å². The first-order valence-corrected chi connectivity index (χ1v) is 9.96. The Labute approximate surface area is 173 Å². The molecule has 1 fully saturated rings. The van der Waals surface area contributed by atoms with Crippen molar-refractivity contribution in [3.05, 3.63) is 54.1 Å². The molecule has 30 heavy (non-hydrogen) atoms. The van der Waals surface area contributed by atoms with Crippen molar-refractivity contribution in [2.45, 2.75) is 25.7 Å². The molecule has 3 aromatic rings. The number of piperidine rings is 1. The lowest BCUT2D eigenvalue weighted by molar-refractivity contribution is -0.132. The molecule has 0 radical (unpaired) electrons. The molecule has 1 aromatic carbocycles. The molecule has 0 aliphatic carbocycles. The van der Waals surface area contributed by atoms with Crippen LogP contribution in [-0.4, -0.2) is 46.9 Å². The first-order valence-electron chi connectivity index (χ1n) is 9.96. The summed E-state index contributed by atoms with van der Waals surface area (Å²) in [6, 6.07) is 10.7. The number of ketones is 1. The van der Waals surface area contributed by atoms with Crippen molar-refractivity contribution in [3.63, 3.8) is 0 Å². The highest BCUT2D eigenvalue weighted by molar-refractivity contribution is 5.98. The van der Waals surface area contributed by atoms with Crippen LogP contribution in [0.5, 0.6) is 5.75 Å². The second-order valence-corrected chi connectivity index (χ2v) is 7.24. The fraction of sp³-hybridized carbons (Fsp3) is 0.364. The van der Waals surface area contributed by atoms with E-state index in [1.807, 2.05) is 4.90 Å². The van der Waals surface area contributed by atoms with Gasteiger partial charge < -0.3 is 18.6 Å². The molecule has 0 spiro atoms. The molecule has 2 aromatic heterocycles. The summed E-state index contributed by atoms with van der Waals surface area (Å²) in [4.78, 5) is 31.3. The van der Waals surface area contributed by atoms with E-state index in [2.05, 4.69) is 10.1 Å². The fourth-order valence-corrected chi connectivity index (χ4v) is 3.62. The van der Waals surface area contributed by atoms with Gasteiger partial charge in [-0.3, -0.25) is 9.59 Å². The van der Waals surface area contributed by atoms with Gasteiger partial charge in [-0.15, -0.1) is 0 Å². The number of ether oxygens (including phenoxy) is 1. The fourth-order valence-electron chi connectivity index (χ4n) is 3.62. The van der Waals surface area contributed by atoms with Crippen LogP contribution >= 0.6 is 0 Å². The number of likely N-dealkylation sites (tertiary alicyclic amines) is 1. The average molecular weight is 409 g/mol. The van der Waals surface area contributed by atoms with E-state index in [1.54, 1.807) is 43.5 Å². The van der Waals surface area contributed by atoms with Crippen molar-refractivity contribution in [1.29, 1.82) is 0 Å². The lowest BCUT2D eigenvalue weighted by Gasteiger charge is -2.31. The molecule has 1 aliphatic heterocycles. The van der Waals surface area contributed by atoms with Crippen molar-refractivity contribution in [2.24, 2.45) is 5.92 Å². The normalized spacial score (nSPS) is 14.6. The van der Waals surface area contributed by atoms with Crippen LogP contribution in [-0.2, 0) is 11.2 Å². The summed E-state index contributed by atoms with van der Waals surface area (Å²) in [5.74, 6) is 2.13. The SMILES string of the molecule is COc1ccc(C(=O)C2CCN(C(=O)CCc3nc(-c4ccco4)no3)CC2)cc1. The minimum absolute atomic E-state index is 0.0306. The molecule has 3 heterocycles. The van der Waals surface area contributed by atoms with Gasteiger partial charge in [0.05, 0.1) is 13.4 Å². The van der Waals surface area contributed by atoms with Gasteiger partial charge in [-0.25, -0.2) is 0 Å². The monoisotopic (exact) mass is 409 g/mol. The van der Waals surface area contributed by atoms with Gasteiger partial charge in [0.15, 0.2) is 11.5 Å². The first-order chi connectivity index (χ1) is 14.6. The zero-order chi connectivity index (χ0) is 20.9. The number of benzene rings is 1. The maximum absolute atomic E-state index is 12.7. The van der Waals surface area contributed by atoms with E-state index in [4.69, 9.17) is 13.7 Å². The lowest BCUT2D eigenvalue weighted by Crippen LogP contribution is -2.40. The van der Waals surface area contributed by atoms with E-state index < -0.39 is 0 Å². The Hall–Kier alpha value is -3.42. The minimum atomic E-state index is -0.0609. The number of hydrogen-bond donors (Lipinski definition) is 0. The van der Waals surface area contributed by atoms with Gasteiger partial charge in [-0.05, 0) is 49.2 Å². The van der Waals surface area contributed by atoms with Gasteiger partial charge in [0.1, 0.15) is 5.75 Å². The quantitative estimate of drug-likeness (QED) is 0.552. The molecule has 1 saturated heterocycles. The van der Waals surface area contributed by atoms with Crippen LogP contribution in [0.1, 0.15) is 35.5 Å². The second kappa shape index (κ2) is 8.94. The molecule has 0 saturated carbocycles. The average Bonchev–Trinajstić information content (AvgIpc) is 3.49. The molecule has 4 rings (SSSR count). The van der Waals surface area contributed by atoms with Crippen molar-refractivity contribution >= 4 is 11.7 Å². The first kappa shape index (κ1) is 19.9. The van der Waals surface area contributed by atoms with Crippen molar-refractivity contribution in [1.82, 2.24) is 15.0 Å². The molecular weight excluding hydrogens is 386 g/mol. The van der Waals surface area contributed by atoms with Gasteiger partial charge in [0.2, 0.25) is 17.6 Å². The number of carbonyl (C=O) groups excluding carboxylic acids is 2. The Morgan fingerprint density at radius 2 is 1.93 bits per heavy atom. The number of hydrogen-bond acceptors (Lipinski definition) is 7. The summed E-state index contributed by atoms with van der Waals surface area (Å²) >= 11 is 0. The Bertz CT molecular complexity index is 986. The molecule has 0 bridgehead atoms. The molecule has 0 N–H and O–H groups in total. The number of rotatable bonds is 7. The summed E-state index contributed by atoms with van der Waals surface area (Å²) < 4.78 is 15.6. The summed E-state index contributed by atoms with van der Waals surface area (Å²) in [5, 5.41) is 3.87. The van der Waals surface area contributed by atoms with Crippen LogP contribution in [0.15, 0.2) is 51.6 Å². The minimum Gasteiger partial charge on any atom is -0.497 e. The Morgan fingerprint density at radius 1 is 1.17 bits per heavy atom. The number of aryl methyl sites for hydroxylation is 1. The highest BCUT2D eigenvalue weighted by atomic mass is 16.5. The number of amides is 1. The zero-order valence-corrected chi connectivity index (χ0v) is 16.7. The third-order valence-electron chi connectivity index (χ3n) is 5.36. The summed E-state index contributed by atoms with van der Waals surface area (Å²) in [6.07, 6.45) is 3.53. The molecule has 1 aliphatic rings. The molecule has 0 atom stereocenters. The van der Waals surface area contributed by atoms with Crippen LogP contribution in [0.2, 0.25) is 0 Å². The van der Waals surface area contributed by atoms with Gasteiger partial charge in [-0.1, -0.05) is 5.16 Å². The number of Topliss-reactive ketones (excluding diaryl/α,β-unsaturated/α-hetero) is 1. The zero-order valence-electron chi connectivity index (χ0n) is 16.7. The van der Waals surface area contributed by atoms with E-state index in [0.717, 1.165) is 5.75 Å². The number of carbonyl (C=O) groups is 2.